The molecular formula is C27H29Cl2N3O5S. The van der Waals surface area contributed by atoms with Crippen LogP contribution in [0.15, 0.2) is 77.7 Å². The molecule has 8 nitrogen and oxygen atoms in total. The van der Waals surface area contributed by atoms with Crippen molar-refractivity contribution in [3.05, 3.63) is 88.4 Å². The number of hydrogen-bond acceptors (Lipinski definition) is 5. The van der Waals surface area contributed by atoms with Crippen LogP contribution in [0.25, 0.3) is 0 Å². The van der Waals surface area contributed by atoms with Gasteiger partial charge in [-0.2, -0.15) is 0 Å². The van der Waals surface area contributed by atoms with Crippen molar-refractivity contribution < 1.29 is 22.7 Å². The number of rotatable bonds is 11. The first kappa shape index (κ1) is 29.3. The summed E-state index contributed by atoms with van der Waals surface area (Å²) in [5.74, 6) is -0.274. The van der Waals surface area contributed by atoms with E-state index in [0.29, 0.717) is 22.2 Å². The quantitative estimate of drug-likeness (QED) is 0.354. The minimum Gasteiger partial charge on any atom is -0.497 e. The molecule has 1 atom stereocenters. The molecule has 3 aromatic carbocycles. The van der Waals surface area contributed by atoms with Gasteiger partial charge in [0, 0.05) is 23.6 Å². The topological polar surface area (TPSA) is 96.0 Å². The first-order chi connectivity index (χ1) is 18.1. The molecule has 0 saturated heterocycles. The zero-order valence-electron chi connectivity index (χ0n) is 21.2. The van der Waals surface area contributed by atoms with Crippen LogP contribution in [-0.4, -0.2) is 51.9 Å². The number of carbonyl (C=O) groups excluding carboxylic acids is 2. The van der Waals surface area contributed by atoms with Crippen molar-refractivity contribution in [1.82, 2.24) is 10.2 Å². The van der Waals surface area contributed by atoms with Crippen LogP contribution < -0.4 is 14.4 Å². The maximum atomic E-state index is 13.9. The summed E-state index contributed by atoms with van der Waals surface area (Å²) in [6.45, 7) is 1.31. The summed E-state index contributed by atoms with van der Waals surface area (Å²) >= 11 is 12.1. The molecule has 0 aliphatic carbocycles. The van der Waals surface area contributed by atoms with E-state index in [1.807, 2.05) is 0 Å². The Morgan fingerprint density at radius 1 is 0.974 bits per heavy atom. The number of anilines is 1. The highest BCUT2D eigenvalue weighted by Crippen LogP contribution is 2.28. The first-order valence-electron chi connectivity index (χ1n) is 11.8. The smallest absolute Gasteiger partial charge is 0.264 e. The van der Waals surface area contributed by atoms with E-state index in [1.54, 1.807) is 56.5 Å². The van der Waals surface area contributed by atoms with Gasteiger partial charge in [-0.3, -0.25) is 13.9 Å². The SMILES string of the molecule is CC[C@H](C(=O)NC)N(Cc1ccc(OC)cc1)C(=O)CN(c1cccc(Cl)c1)S(=O)(=O)c1ccc(Cl)cc1. The van der Waals surface area contributed by atoms with Crippen LogP contribution >= 0.6 is 23.2 Å². The van der Waals surface area contributed by atoms with Gasteiger partial charge in [0.1, 0.15) is 18.3 Å². The molecule has 0 heterocycles. The maximum absolute atomic E-state index is 13.9. The number of nitrogens with one attached hydrogen (secondary N) is 1. The van der Waals surface area contributed by atoms with Crippen molar-refractivity contribution in [2.45, 2.75) is 30.8 Å². The second kappa shape index (κ2) is 13.0. The predicted octanol–water partition coefficient (Wildman–Crippen LogP) is 4.75. The van der Waals surface area contributed by atoms with Crippen molar-refractivity contribution in [1.29, 1.82) is 0 Å². The van der Waals surface area contributed by atoms with Crippen molar-refractivity contribution in [2.75, 3.05) is 25.0 Å². The molecule has 0 saturated carbocycles. The zero-order chi connectivity index (χ0) is 27.9. The lowest BCUT2D eigenvalue weighted by atomic mass is 10.1. The Hall–Kier alpha value is -3.27. The summed E-state index contributed by atoms with van der Waals surface area (Å²) in [5, 5.41) is 3.27. The minimum absolute atomic E-state index is 0.0466. The van der Waals surface area contributed by atoms with E-state index in [2.05, 4.69) is 5.32 Å². The Bertz CT molecular complexity index is 1370. The number of halogens is 2. The van der Waals surface area contributed by atoms with Gasteiger partial charge in [0.15, 0.2) is 0 Å². The van der Waals surface area contributed by atoms with Gasteiger partial charge in [0.2, 0.25) is 11.8 Å². The highest BCUT2D eigenvalue weighted by molar-refractivity contribution is 7.92. The van der Waals surface area contributed by atoms with Crippen molar-refractivity contribution in [2.24, 2.45) is 0 Å². The number of hydrogen-bond donors (Lipinski definition) is 1. The first-order valence-corrected chi connectivity index (χ1v) is 14.0. The van der Waals surface area contributed by atoms with E-state index in [1.165, 1.54) is 42.3 Å². The van der Waals surface area contributed by atoms with Crippen molar-refractivity contribution >= 4 is 50.7 Å². The molecule has 202 valence electrons. The van der Waals surface area contributed by atoms with E-state index in [4.69, 9.17) is 27.9 Å². The third-order valence-corrected chi connectivity index (χ3v) is 8.20. The molecule has 0 unspecified atom stereocenters. The normalized spacial score (nSPS) is 11.9. The van der Waals surface area contributed by atoms with E-state index in [0.717, 1.165) is 9.87 Å². The lowest BCUT2D eigenvalue weighted by molar-refractivity contribution is -0.140. The van der Waals surface area contributed by atoms with Gasteiger partial charge >= 0.3 is 0 Å². The Morgan fingerprint density at radius 2 is 1.63 bits per heavy atom. The Labute approximate surface area is 233 Å². The summed E-state index contributed by atoms with van der Waals surface area (Å²) in [6, 6.07) is 18.1. The van der Waals surface area contributed by atoms with Gasteiger partial charge in [-0.1, -0.05) is 48.3 Å². The van der Waals surface area contributed by atoms with Crippen molar-refractivity contribution in [3.8, 4) is 5.75 Å². The summed E-state index contributed by atoms with van der Waals surface area (Å²) in [6.07, 6.45) is 0.322. The number of sulfonamides is 1. The number of carbonyl (C=O) groups is 2. The number of ether oxygens (including phenoxy) is 1. The molecule has 0 bridgehead atoms. The fraction of sp³-hybridized carbons (Fsp3) is 0.259. The molecule has 0 aliphatic rings. The average molecular weight is 579 g/mol. The fourth-order valence-electron chi connectivity index (χ4n) is 3.91. The molecule has 0 fully saturated rings. The van der Waals surface area contributed by atoms with E-state index in [-0.39, 0.29) is 23.0 Å². The van der Waals surface area contributed by atoms with Crippen LogP contribution in [0, 0.1) is 0 Å². The molecule has 0 aliphatic heterocycles. The molecule has 0 radical (unpaired) electrons. The third kappa shape index (κ3) is 6.98. The largest absolute Gasteiger partial charge is 0.497 e. The van der Waals surface area contributed by atoms with Crippen LogP contribution in [0.5, 0.6) is 5.75 Å². The lowest BCUT2D eigenvalue weighted by Gasteiger charge is -2.33. The second-order valence-corrected chi connectivity index (χ2v) is 11.1. The highest BCUT2D eigenvalue weighted by Gasteiger charge is 2.33. The van der Waals surface area contributed by atoms with Gasteiger partial charge < -0.3 is 15.0 Å². The molecule has 11 heteroatoms. The predicted molar refractivity (Wildman–Crippen MR) is 149 cm³/mol. The number of nitrogens with zero attached hydrogens (tertiary/aromatic N) is 2. The number of benzene rings is 3. The van der Waals surface area contributed by atoms with Gasteiger partial charge in [-0.15, -0.1) is 0 Å². The Kier molecular flexibility index (Phi) is 10.0. The zero-order valence-corrected chi connectivity index (χ0v) is 23.6. The second-order valence-electron chi connectivity index (χ2n) is 8.35. The molecule has 0 spiro atoms. The molecule has 38 heavy (non-hydrogen) atoms. The van der Waals surface area contributed by atoms with Gasteiger partial charge in [0.05, 0.1) is 17.7 Å². The van der Waals surface area contributed by atoms with E-state index >= 15 is 0 Å². The molecule has 1 N–H and O–H groups in total. The summed E-state index contributed by atoms with van der Waals surface area (Å²) in [4.78, 5) is 27.9. The van der Waals surface area contributed by atoms with Crippen LogP contribution in [0.2, 0.25) is 10.0 Å². The summed E-state index contributed by atoms with van der Waals surface area (Å²) in [5.41, 5.74) is 0.953. The summed E-state index contributed by atoms with van der Waals surface area (Å²) < 4.78 is 33.7. The maximum Gasteiger partial charge on any atom is 0.264 e. The van der Waals surface area contributed by atoms with Crippen LogP contribution in [0.1, 0.15) is 18.9 Å². The average Bonchev–Trinajstić information content (AvgIpc) is 2.91. The Balaban J connectivity index is 2.04. The molecule has 2 amide bonds. The summed E-state index contributed by atoms with van der Waals surface area (Å²) in [7, 11) is -1.16. The molecular weight excluding hydrogens is 549 g/mol. The lowest BCUT2D eigenvalue weighted by Crippen LogP contribution is -2.51. The third-order valence-electron chi connectivity index (χ3n) is 5.92. The van der Waals surface area contributed by atoms with Crippen LogP contribution in [-0.2, 0) is 26.2 Å². The number of methoxy groups -OCH3 is 1. The highest BCUT2D eigenvalue weighted by atomic mass is 35.5. The van der Waals surface area contributed by atoms with E-state index < -0.39 is 28.5 Å². The van der Waals surface area contributed by atoms with Crippen molar-refractivity contribution in [3.63, 3.8) is 0 Å². The molecule has 3 aromatic rings. The van der Waals surface area contributed by atoms with Gasteiger partial charge in [0.25, 0.3) is 10.0 Å². The van der Waals surface area contributed by atoms with Gasteiger partial charge in [-0.25, -0.2) is 8.42 Å². The number of amides is 2. The molecule has 3 rings (SSSR count). The Morgan fingerprint density at radius 3 is 2.18 bits per heavy atom. The van der Waals surface area contributed by atoms with Crippen LogP contribution in [0.4, 0.5) is 5.69 Å². The monoisotopic (exact) mass is 577 g/mol. The standard InChI is InChI=1S/C27H29Cl2N3O5S/c1-4-25(27(34)30-2)31(17-19-8-12-23(37-3)13-9-19)26(33)18-32(22-7-5-6-21(29)16-22)38(35,36)24-14-10-20(28)11-15-24/h5-16,25H,4,17-18H2,1-3H3,(H,30,34)/t25-/m1/s1. The molecule has 0 aromatic heterocycles. The van der Waals surface area contributed by atoms with Crippen LogP contribution in [0.3, 0.4) is 0 Å². The van der Waals surface area contributed by atoms with E-state index in [9.17, 15) is 18.0 Å². The minimum atomic E-state index is -4.20. The fourth-order valence-corrected chi connectivity index (χ4v) is 5.62. The number of likely N-dealkylation sites (N-methyl/N-ethyl adjacent to an activating group) is 1. The van der Waals surface area contributed by atoms with Gasteiger partial charge in [-0.05, 0) is 66.6 Å².